The molecule has 33 heavy (non-hydrogen) atoms. The lowest BCUT2D eigenvalue weighted by Gasteiger charge is -2.22. The van der Waals surface area contributed by atoms with Gasteiger partial charge in [0.15, 0.2) is 0 Å². The topological polar surface area (TPSA) is 75.5 Å². The molecule has 2 saturated carbocycles. The van der Waals surface area contributed by atoms with Crippen LogP contribution in [-0.2, 0) is 0 Å². The van der Waals surface area contributed by atoms with Crippen LogP contribution < -0.4 is 4.74 Å². The second-order valence-electron chi connectivity index (χ2n) is 7.37. The van der Waals surface area contributed by atoms with E-state index in [4.69, 9.17) is 14.9 Å². The molecule has 192 valence electrons. The Bertz CT molecular complexity index is 690. The molecule has 0 unspecified atom stereocenters. The molecule has 0 amide bonds. The van der Waals surface area contributed by atoms with Crippen LogP contribution >= 0.6 is 31.9 Å². The minimum Gasteiger partial charge on any atom is -0.506 e. The summed E-state index contributed by atoms with van der Waals surface area (Å²) in [6.07, 6.45) is 19.2. The van der Waals surface area contributed by atoms with Crippen LogP contribution in [0, 0.1) is 0 Å². The maximum Gasteiger partial charge on any atom is 0.139 e. The largest absolute Gasteiger partial charge is 0.506 e. The maximum absolute atomic E-state index is 8.91. The van der Waals surface area contributed by atoms with Gasteiger partial charge in [-0.2, -0.15) is 0 Å². The second kappa shape index (κ2) is 21.4. The highest BCUT2D eigenvalue weighted by molar-refractivity contribution is 9.10. The summed E-state index contributed by atoms with van der Waals surface area (Å²) in [5, 5.41) is 17.6. The number of aliphatic hydroxyl groups is 1. The molecule has 5 nitrogen and oxygen atoms in total. The van der Waals surface area contributed by atoms with Crippen molar-refractivity contribution in [1.29, 1.82) is 0 Å². The minimum atomic E-state index is 0. The van der Waals surface area contributed by atoms with Crippen molar-refractivity contribution in [2.45, 2.75) is 106 Å². The third-order valence-electron chi connectivity index (χ3n) is 4.80. The summed E-state index contributed by atoms with van der Waals surface area (Å²) in [7, 11) is 0. The monoisotopic (exact) mass is 592 g/mol. The van der Waals surface area contributed by atoms with E-state index in [0.717, 1.165) is 27.5 Å². The van der Waals surface area contributed by atoms with Gasteiger partial charge in [-0.1, -0.05) is 55.4 Å². The third kappa shape index (κ3) is 17.0. The lowest BCUT2D eigenvalue weighted by molar-refractivity contribution is 0.130. The van der Waals surface area contributed by atoms with E-state index in [1.165, 1.54) is 57.6 Å². The highest BCUT2D eigenvalue weighted by Gasteiger charge is 2.14. The van der Waals surface area contributed by atoms with Crippen molar-refractivity contribution >= 4 is 31.9 Å². The van der Waals surface area contributed by atoms with Crippen molar-refractivity contribution < 1.29 is 14.9 Å². The number of rotatable bonds is 2. The fraction of sp³-hybridized carbons (Fsp3) is 0.615. The Hall–Kier alpha value is -1.18. The van der Waals surface area contributed by atoms with Crippen LogP contribution in [-0.4, -0.2) is 32.4 Å². The van der Waals surface area contributed by atoms with Crippen molar-refractivity contribution in [3.05, 3.63) is 45.9 Å². The number of aromatic hydroxyl groups is 1. The molecule has 0 bridgehead atoms. The number of halogens is 2. The van der Waals surface area contributed by atoms with Gasteiger partial charge in [0, 0.05) is 21.3 Å². The molecule has 2 aliphatic rings. The number of ether oxygens (including phenoxy) is 1. The average Bonchev–Trinajstić information content (AvgIpc) is 2.70. The highest BCUT2D eigenvalue weighted by atomic mass is 79.9. The van der Waals surface area contributed by atoms with E-state index in [1.807, 2.05) is 6.07 Å². The number of aromatic nitrogens is 2. The van der Waals surface area contributed by atoms with Gasteiger partial charge in [-0.15, -0.1) is 0 Å². The minimum absolute atomic E-state index is 0. The Morgan fingerprint density at radius 2 is 1.18 bits per heavy atom. The summed E-state index contributed by atoms with van der Waals surface area (Å²) in [5.41, 5.74) is 0. The zero-order valence-corrected chi connectivity index (χ0v) is 19.8. The molecule has 0 radical (unpaired) electrons. The molecule has 0 aliphatic heterocycles. The van der Waals surface area contributed by atoms with E-state index in [2.05, 4.69) is 41.8 Å². The van der Waals surface area contributed by atoms with Gasteiger partial charge >= 0.3 is 0 Å². The first kappa shape index (κ1) is 36.4. The van der Waals surface area contributed by atoms with Gasteiger partial charge in [0.2, 0.25) is 0 Å². The van der Waals surface area contributed by atoms with Gasteiger partial charge in [-0.3, -0.25) is 9.97 Å². The summed E-state index contributed by atoms with van der Waals surface area (Å²) in [4.78, 5) is 7.76. The summed E-state index contributed by atoms with van der Waals surface area (Å²) in [6, 6.07) is 3.55. The van der Waals surface area contributed by atoms with Crippen LogP contribution in [0.15, 0.2) is 45.9 Å². The number of hydrogen-bond acceptors (Lipinski definition) is 5. The first-order valence-corrected chi connectivity index (χ1v) is 11.9. The van der Waals surface area contributed by atoms with Crippen molar-refractivity contribution in [2.75, 3.05) is 0 Å². The van der Waals surface area contributed by atoms with Gasteiger partial charge in [-0.05, 0) is 82.5 Å². The zero-order chi connectivity index (χ0) is 20.9. The molecule has 7 heteroatoms. The molecule has 2 heterocycles. The third-order valence-corrected chi connectivity index (χ3v) is 5.67. The van der Waals surface area contributed by atoms with E-state index < -0.39 is 0 Å². The van der Waals surface area contributed by atoms with E-state index >= 15 is 0 Å². The lowest BCUT2D eigenvalue weighted by atomic mass is 9.98. The molecule has 2 aromatic rings. The SMILES string of the molecule is Brc1cncc(OC2CCCCC2)c1.C.C.C.C.OC1CCCCC1.Oc1cncc(Br)c1. The smallest absolute Gasteiger partial charge is 0.139 e. The van der Waals surface area contributed by atoms with E-state index in [9.17, 15) is 0 Å². The highest BCUT2D eigenvalue weighted by Crippen LogP contribution is 2.24. The van der Waals surface area contributed by atoms with Gasteiger partial charge in [0.25, 0.3) is 0 Å². The van der Waals surface area contributed by atoms with Crippen LogP contribution in [0.4, 0.5) is 0 Å². The van der Waals surface area contributed by atoms with Crippen molar-refractivity contribution in [1.82, 2.24) is 9.97 Å². The Morgan fingerprint density at radius 3 is 1.58 bits per heavy atom. The number of hydrogen-bond donors (Lipinski definition) is 2. The van der Waals surface area contributed by atoms with Crippen molar-refractivity contribution in [3.8, 4) is 11.5 Å². The summed E-state index contributed by atoms with van der Waals surface area (Å²) in [6.45, 7) is 0. The predicted molar refractivity (Wildman–Crippen MR) is 149 cm³/mol. The van der Waals surface area contributed by atoms with E-state index in [0.29, 0.717) is 6.10 Å². The fourth-order valence-corrected chi connectivity index (χ4v) is 4.01. The molecule has 0 saturated heterocycles. The number of aliphatic hydroxyl groups excluding tert-OH is 1. The Kier molecular flexibility index (Phi) is 23.6. The second-order valence-corrected chi connectivity index (χ2v) is 9.20. The molecule has 2 fully saturated rings. The lowest BCUT2D eigenvalue weighted by Crippen LogP contribution is -2.19. The molecule has 2 aromatic heterocycles. The molecule has 4 rings (SSSR count). The van der Waals surface area contributed by atoms with Crippen LogP contribution in [0.3, 0.4) is 0 Å². The molecule has 0 aromatic carbocycles. The van der Waals surface area contributed by atoms with Crippen molar-refractivity contribution in [2.24, 2.45) is 0 Å². The normalized spacial score (nSPS) is 15.2. The Morgan fingerprint density at radius 1 is 0.697 bits per heavy atom. The molecule has 0 atom stereocenters. The van der Waals surface area contributed by atoms with Crippen LogP contribution in [0.5, 0.6) is 11.5 Å². The standard InChI is InChI=1S/C11H14BrNO.C6H12O.C5H4BrNO.4CH4/c12-9-6-11(8-13-7-9)14-10-4-2-1-3-5-10;7-6-4-2-1-3-5-6;6-4-1-5(8)3-7-2-4;;;;/h6-8,10H,1-5H2;6-7H,1-5H2;1-3,8H;4*1H4. The summed E-state index contributed by atoms with van der Waals surface area (Å²) in [5.74, 6) is 1.06. The number of pyridine rings is 2. The summed E-state index contributed by atoms with van der Waals surface area (Å²) < 4.78 is 7.61. The zero-order valence-electron chi connectivity index (χ0n) is 16.6. The van der Waals surface area contributed by atoms with Crippen LogP contribution in [0.2, 0.25) is 0 Å². The number of nitrogens with zero attached hydrogens (tertiary/aromatic N) is 2. The average molecular weight is 594 g/mol. The molecular weight excluding hydrogens is 548 g/mol. The molecule has 2 aliphatic carbocycles. The fourth-order valence-electron chi connectivity index (χ4n) is 3.31. The van der Waals surface area contributed by atoms with Gasteiger partial charge in [0.05, 0.1) is 24.6 Å². The van der Waals surface area contributed by atoms with Gasteiger partial charge in [-0.25, -0.2) is 0 Å². The Labute approximate surface area is 219 Å². The molecular formula is C26H46Br2N2O3. The molecule has 2 N–H and O–H groups in total. The maximum atomic E-state index is 8.91. The summed E-state index contributed by atoms with van der Waals surface area (Å²) >= 11 is 6.52. The Balaban J connectivity index is -0.000000414. The first-order chi connectivity index (χ1) is 14.0. The van der Waals surface area contributed by atoms with Gasteiger partial charge in [0.1, 0.15) is 11.5 Å². The van der Waals surface area contributed by atoms with Crippen molar-refractivity contribution in [3.63, 3.8) is 0 Å². The van der Waals surface area contributed by atoms with Gasteiger partial charge < -0.3 is 14.9 Å². The quantitative estimate of drug-likeness (QED) is 0.363. The first-order valence-electron chi connectivity index (χ1n) is 10.3. The van der Waals surface area contributed by atoms with E-state index in [-0.39, 0.29) is 41.6 Å². The molecule has 0 spiro atoms. The van der Waals surface area contributed by atoms with E-state index in [1.54, 1.807) is 24.7 Å². The predicted octanol–water partition coefficient (Wildman–Crippen LogP) is 8.96. The van der Waals surface area contributed by atoms with Crippen LogP contribution in [0.1, 0.15) is 93.9 Å². The van der Waals surface area contributed by atoms with Crippen LogP contribution in [0.25, 0.3) is 0 Å².